The van der Waals surface area contributed by atoms with Gasteiger partial charge in [0.1, 0.15) is 0 Å². The SMILES string of the molecule is Cc1ccc2c(n1)oc1c[c-]c(-c3nc4ccccc4n3C)cc12.[CH3][Ge]([CH3])([CH3])[c]1ccc(-c2[c-]cccc2)nc1.[Ir]. The molecule has 4 aromatic heterocycles. The zero-order valence-corrected chi connectivity index (χ0v) is 28.2. The number of aromatic nitrogens is 4. The van der Waals surface area contributed by atoms with Crippen LogP contribution in [0.1, 0.15) is 5.69 Å². The topological polar surface area (TPSA) is 56.7 Å². The number of nitrogens with zero attached hydrogens (tertiary/aromatic N) is 4. The first-order valence-corrected chi connectivity index (χ1v) is 20.7. The summed E-state index contributed by atoms with van der Waals surface area (Å²) < 4.78 is 9.38. The Hall–Kier alpha value is -3.58. The van der Waals surface area contributed by atoms with Gasteiger partial charge in [-0.25, -0.2) is 4.98 Å². The minimum absolute atomic E-state index is 0. The van der Waals surface area contributed by atoms with Gasteiger partial charge in [0.25, 0.3) is 0 Å². The van der Waals surface area contributed by atoms with Crippen LogP contribution in [0.15, 0.2) is 95.5 Å². The number of fused-ring (bicyclic) bond motifs is 4. The summed E-state index contributed by atoms with van der Waals surface area (Å²) >= 11 is -1.72. The summed E-state index contributed by atoms with van der Waals surface area (Å²) in [7, 11) is 2.03. The minimum atomic E-state index is -1.72. The second-order valence-corrected chi connectivity index (χ2v) is 21.6. The molecule has 0 saturated heterocycles. The Bertz CT molecular complexity index is 1960. The number of aryl methyl sites for hydroxylation is 2. The fourth-order valence-corrected chi connectivity index (χ4v) is 6.93. The maximum atomic E-state index is 5.84. The summed E-state index contributed by atoms with van der Waals surface area (Å²) in [6, 6.07) is 34.9. The number of para-hydroxylation sites is 2. The van der Waals surface area contributed by atoms with Crippen LogP contribution in [0.2, 0.25) is 17.3 Å². The van der Waals surface area contributed by atoms with Gasteiger partial charge in [-0.05, 0) is 31.2 Å². The number of benzene rings is 3. The van der Waals surface area contributed by atoms with E-state index in [2.05, 4.69) is 74.3 Å². The number of pyridine rings is 2. The predicted molar refractivity (Wildman–Crippen MR) is 166 cm³/mol. The molecule has 0 fully saturated rings. The van der Waals surface area contributed by atoms with Crippen molar-refractivity contribution in [2.45, 2.75) is 24.2 Å². The molecule has 41 heavy (non-hydrogen) atoms. The van der Waals surface area contributed by atoms with Crippen molar-refractivity contribution in [2.75, 3.05) is 0 Å². The average Bonchev–Trinajstić information content (AvgIpc) is 3.50. The van der Waals surface area contributed by atoms with Crippen molar-refractivity contribution >= 4 is 50.8 Å². The van der Waals surface area contributed by atoms with E-state index in [0.717, 1.165) is 55.7 Å². The van der Waals surface area contributed by atoms with Gasteiger partial charge in [0, 0.05) is 38.2 Å². The van der Waals surface area contributed by atoms with Crippen LogP contribution in [0.3, 0.4) is 0 Å². The minimum Gasteiger partial charge on any atom is 0 e. The van der Waals surface area contributed by atoms with Crippen molar-refractivity contribution in [1.29, 1.82) is 0 Å². The van der Waals surface area contributed by atoms with E-state index in [1.807, 2.05) is 74.8 Å². The molecule has 0 aliphatic heterocycles. The van der Waals surface area contributed by atoms with Crippen LogP contribution in [0.25, 0.3) is 55.7 Å². The molecule has 7 rings (SSSR count). The van der Waals surface area contributed by atoms with E-state index in [1.54, 1.807) is 0 Å². The molecular formula is C34H30GeIrN4O-2. The van der Waals surface area contributed by atoms with Gasteiger partial charge < -0.3 is 8.98 Å². The van der Waals surface area contributed by atoms with Crippen LogP contribution in [0.4, 0.5) is 0 Å². The summed E-state index contributed by atoms with van der Waals surface area (Å²) in [6.07, 6.45) is 2.04. The molecule has 207 valence electrons. The smallest absolute Gasteiger partial charge is 0 e. The van der Waals surface area contributed by atoms with Crippen LogP contribution in [-0.4, -0.2) is 32.8 Å². The molecule has 0 saturated carbocycles. The maximum Gasteiger partial charge on any atom is 0 e. The molecule has 0 aliphatic carbocycles. The monoisotopic (exact) mass is 777 g/mol. The quantitative estimate of drug-likeness (QED) is 0.136. The molecule has 5 nitrogen and oxygen atoms in total. The van der Waals surface area contributed by atoms with E-state index < -0.39 is 13.3 Å². The van der Waals surface area contributed by atoms with Crippen molar-refractivity contribution in [2.24, 2.45) is 7.05 Å². The third-order valence-corrected chi connectivity index (χ3v) is 11.3. The second-order valence-electron chi connectivity index (χ2n) is 11.0. The molecule has 0 atom stereocenters. The molecule has 0 amide bonds. The van der Waals surface area contributed by atoms with E-state index >= 15 is 0 Å². The number of hydrogen-bond donors (Lipinski definition) is 0. The molecule has 3 aromatic carbocycles. The van der Waals surface area contributed by atoms with Crippen molar-refractivity contribution in [3.05, 3.63) is 109 Å². The van der Waals surface area contributed by atoms with Crippen LogP contribution in [-0.2, 0) is 27.2 Å². The Morgan fingerprint density at radius 3 is 2.34 bits per heavy atom. The second kappa shape index (κ2) is 11.7. The molecule has 0 bridgehead atoms. The Kier molecular flexibility index (Phi) is 8.28. The van der Waals surface area contributed by atoms with Gasteiger partial charge in [-0.3, -0.25) is 4.98 Å². The van der Waals surface area contributed by atoms with Gasteiger partial charge in [0.05, 0.1) is 22.4 Å². The first-order chi connectivity index (χ1) is 19.3. The van der Waals surface area contributed by atoms with Crippen LogP contribution in [0, 0.1) is 19.1 Å². The van der Waals surface area contributed by atoms with Gasteiger partial charge in [-0.1, -0.05) is 17.5 Å². The van der Waals surface area contributed by atoms with Crippen LogP contribution in [0.5, 0.6) is 0 Å². The predicted octanol–water partition coefficient (Wildman–Crippen LogP) is 7.73. The van der Waals surface area contributed by atoms with Crippen LogP contribution < -0.4 is 4.40 Å². The third-order valence-electron chi connectivity index (χ3n) is 7.05. The van der Waals surface area contributed by atoms with Gasteiger partial charge in [0.15, 0.2) is 0 Å². The van der Waals surface area contributed by atoms with E-state index in [9.17, 15) is 0 Å². The first-order valence-electron chi connectivity index (χ1n) is 13.3. The first kappa shape index (κ1) is 28.9. The Labute approximate surface area is 256 Å². The van der Waals surface area contributed by atoms with Crippen molar-refractivity contribution in [3.8, 4) is 22.6 Å². The van der Waals surface area contributed by atoms with Crippen molar-refractivity contribution in [1.82, 2.24) is 19.5 Å². The third kappa shape index (κ3) is 5.91. The fourth-order valence-electron chi connectivity index (χ4n) is 4.76. The largest absolute Gasteiger partial charge is 0 e. The van der Waals surface area contributed by atoms with Crippen molar-refractivity contribution in [3.63, 3.8) is 0 Å². The van der Waals surface area contributed by atoms with E-state index in [0.29, 0.717) is 5.71 Å². The van der Waals surface area contributed by atoms with E-state index in [1.165, 1.54) is 4.40 Å². The molecule has 7 heteroatoms. The normalized spacial score (nSPS) is 11.3. The summed E-state index contributed by atoms with van der Waals surface area (Å²) in [6.45, 7) is 1.96. The number of imidazole rings is 1. The molecule has 0 unspecified atom stereocenters. The molecule has 0 aliphatic rings. The zero-order chi connectivity index (χ0) is 27.9. The van der Waals surface area contributed by atoms with Crippen molar-refractivity contribution < 1.29 is 24.5 Å². The van der Waals surface area contributed by atoms with Crippen LogP contribution >= 0.6 is 0 Å². The summed E-state index contributed by atoms with van der Waals surface area (Å²) in [5.41, 5.74) is 7.52. The summed E-state index contributed by atoms with van der Waals surface area (Å²) in [5, 5.41) is 2.06. The van der Waals surface area contributed by atoms with E-state index in [4.69, 9.17) is 9.40 Å². The van der Waals surface area contributed by atoms with E-state index in [-0.39, 0.29) is 20.1 Å². The average molecular weight is 775 g/mol. The molecule has 4 heterocycles. The van der Waals surface area contributed by atoms with Gasteiger partial charge in [-0.15, -0.1) is 23.8 Å². The zero-order valence-electron chi connectivity index (χ0n) is 23.7. The molecule has 0 N–H and O–H groups in total. The molecular weight excluding hydrogens is 745 g/mol. The summed E-state index contributed by atoms with van der Waals surface area (Å²) in [5.74, 6) is 8.04. The summed E-state index contributed by atoms with van der Waals surface area (Å²) in [4.78, 5) is 13.8. The number of furan rings is 1. The molecule has 0 spiro atoms. The number of hydrogen-bond acceptors (Lipinski definition) is 4. The molecule has 7 aromatic rings. The fraction of sp³-hybridized carbons (Fsp3) is 0.147. The Morgan fingerprint density at radius 2 is 1.63 bits per heavy atom. The number of rotatable bonds is 3. The van der Waals surface area contributed by atoms with Gasteiger partial charge in [-0.2, -0.15) is 0 Å². The standard InChI is InChI=1S/C20H14N3O.C14H16GeN.Ir/c1-12-7-9-14-15-11-13(8-10-18(15)24-20(14)21-12)19-22-16-5-3-4-6-17(16)23(19)2;1-15(2,3)13-9-10-14(16-11-13)12-7-5-4-6-8-12;/h3-7,9-11H,1-2H3;4-7,9-11H,1-3H3;/q2*-1;. The van der Waals surface area contributed by atoms with Gasteiger partial charge in [0.2, 0.25) is 5.71 Å². The Balaban J connectivity index is 0.000000175. The molecule has 1 radical (unpaired) electrons. The Morgan fingerprint density at radius 1 is 0.829 bits per heavy atom. The maximum absolute atomic E-state index is 5.84. The van der Waals surface area contributed by atoms with Gasteiger partial charge >= 0.3 is 99.8 Å².